The fraction of sp³-hybridized carbons (Fsp3) is 0.889. The van der Waals surface area contributed by atoms with Gasteiger partial charge >= 0.3 is 0 Å². The molecule has 0 heterocycles. The molecule has 0 bridgehead atoms. The number of nitrogens with one attached hydrogen (secondary N) is 1. The van der Waals surface area contributed by atoms with Crippen molar-refractivity contribution < 1.29 is 14.7 Å². The van der Waals surface area contributed by atoms with E-state index in [2.05, 4.69) is 12.2 Å². The monoisotopic (exact) mass is 328 g/mol. The van der Waals surface area contributed by atoms with Crippen molar-refractivity contribution in [3.63, 3.8) is 0 Å². The minimum Gasteiger partial charge on any atom is -0.395 e. The van der Waals surface area contributed by atoms with Crippen LogP contribution in [0.25, 0.3) is 0 Å². The standard InChI is InChI=1S/C18H36N2O3/c1-2-3-4-5-6-7-8-9-10-11-13-20(14-16-22)18(23)17-19-12-15-21/h16,19,21H,2-15,17H2,1H3. The highest BCUT2D eigenvalue weighted by atomic mass is 16.3. The Kier molecular flexibility index (Phi) is 16.7. The van der Waals surface area contributed by atoms with Crippen molar-refractivity contribution in [2.45, 2.75) is 71.1 Å². The molecule has 1 amide bonds. The molecular formula is C18H36N2O3. The summed E-state index contributed by atoms with van der Waals surface area (Å²) < 4.78 is 0. The molecule has 0 aromatic heterocycles. The lowest BCUT2D eigenvalue weighted by Crippen LogP contribution is -2.40. The van der Waals surface area contributed by atoms with Crippen LogP contribution in [0.4, 0.5) is 0 Å². The minimum atomic E-state index is -0.0681. The molecule has 23 heavy (non-hydrogen) atoms. The molecule has 5 heteroatoms. The molecule has 0 aliphatic heterocycles. The number of aliphatic hydroxyl groups is 1. The number of hydrogen-bond donors (Lipinski definition) is 2. The predicted octanol–water partition coefficient (Wildman–Crippen LogP) is 2.52. The number of unbranched alkanes of at least 4 members (excludes halogenated alkanes) is 9. The Morgan fingerprint density at radius 3 is 2.09 bits per heavy atom. The fourth-order valence-corrected chi connectivity index (χ4v) is 2.58. The highest BCUT2D eigenvalue weighted by Gasteiger charge is 2.11. The number of carbonyl (C=O) groups is 2. The summed E-state index contributed by atoms with van der Waals surface area (Å²) in [5, 5.41) is 11.5. The van der Waals surface area contributed by atoms with E-state index in [1.807, 2.05) is 0 Å². The molecule has 0 atom stereocenters. The highest BCUT2D eigenvalue weighted by Crippen LogP contribution is 2.10. The van der Waals surface area contributed by atoms with Crippen molar-refractivity contribution in [2.75, 3.05) is 32.8 Å². The summed E-state index contributed by atoms with van der Waals surface area (Å²) in [6.07, 6.45) is 13.3. The lowest BCUT2D eigenvalue weighted by atomic mass is 10.1. The van der Waals surface area contributed by atoms with Crippen LogP contribution in [0.3, 0.4) is 0 Å². The topological polar surface area (TPSA) is 69.6 Å². The van der Waals surface area contributed by atoms with Crippen LogP contribution in [0.15, 0.2) is 0 Å². The first-order valence-corrected chi connectivity index (χ1v) is 9.29. The number of amides is 1. The molecule has 0 aliphatic carbocycles. The predicted molar refractivity (Wildman–Crippen MR) is 94.4 cm³/mol. The Morgan fingerprint density at radius 1 is 1.00 bits per heavy atom. The van der Waals surface area contributed by atoms with E-state index < -0.39 is 0 Å². The summed E-state index contributed by atoms with van der Waals surface area (Å²) in [6, 6.07) is 0. The van der Waals surface area contributed by atoms with Crippen molar-refractivity contribution in [3.8, 4) is 0 Å². The quantitative estimate of drug-likeness (QED) is 0.318. The zero-order chi connectivity index (χ0) is 17.2. The van der Waals surface area contributed by atoms with Crippen molar-refractivity contribution in [3.05, 3.63) is 0 Å². The third-order valence-electron chi connectivity index (χ3n) is 3.99. The van der Waals surface area contributed by atoms with Gasteiger partial charge in [0.15, 0.2) is 0 Å². The van der Waals surface area contributed by atoms with Crippen LogP contribution in [-0.2, 0) is 9.59 Å². The third kappa shape index (κ3) is 14.4. The SMILES string of the molecule is CCCCCCCCCCCCN(CC=O)C(=O)CNCCO. The Labute approximate surface area is 141 Å². The van der Waals surface area contributed by atoms with E-state index in [1.54, 1.807) is 4.90 Å². The summed E-state index contributed by atoms with van der Waals surface area (Å²) in [5.41, 5.74) is 0. The van der Waals surface area contributed by atoms with Crippen molar-refractivity contribution in [1.29, 1.82) is 0 Å². The van der Waals surface area contributed by atoms with E-state index in [0.717, 1.165) is 19.1 Å². The van der Waals surface area contributed by atoms with E-state index in [1.165, 1.54) is 51.4 Å². The maximum absolute atomic E-state index is 11.9. The van der Waals surface area contributed by atoms with Crippen LogP contribution in [0, 0.1) is 0 Å². The zero-order valence-corrected chi connectivity index (χ0v) is 14.9. The third-order valence-corrected chi connectivity index (χ3v) is 3.99. The van der Waals surface area contributed by atoms with Crippen molar-refractivity contribution in [1.82, 2.24) is 10.2 Å². The maximum atomic E-state index is 11.9. The van der Waals surface area contributed by atoms with E-state index in [4.69, 9.17) is 5.11 Å². The number of aldehydes is 1. The molecule has 0 rings (SSSR count). The van der Waals surface area contributed by atoms with Crippen LogP contribution >= 0.6 is 0 Å². The number of hydrogen-bond acceptors (Lipinski definition) is 4. The van der Waals surface area contributed by atoms with E-state index in [-0.39, 0.29) is 25.6 Å². The first-order valence-electron chi connectivity index (χ1n) is 9.29. The Balaban J connectivity index is 3.60. The summed E-state index contributed by atoms with van der Waals surface area (Å²) in [7, 11) is 0. The minimum absolute atomic E-state index is 0.0133. The van der Waals surface area contributed by atoms with Crippen LogP contribution in [0.1, 0.15) is 71.1 Å². The van der Waals surface area contributed by atoms with Crippen LogP contribution in [0.2, 0.25) is 0 Å². The van der Waals surface area contributed by atoms with E-state index >= 15 is 0 Å². The van der Waals surface area contributed by atoms with Gasteiger partial charge in [-0.3, -0.25) is 4.79 Å². The largest absolute Gasteiger partial charge is 0.395 e. The van der Waals surface area contributed by atoms with Gasteiger partial charge in [-0.1, -0.05) is 64.7 Å². The first-order chi connectivity index (χ1) is 11.3. The van der Waals surface area contributed by atoms with Gasteiger partial charge in [0.05, 0.1) is 19.7 Å². The molecule has 0 saturated heterocycles. The summed E-state index contributed by atoms with van der Waals surface area (Å²) in [5.74, 6) is -0.0681. The smallest absolute Gasteiger partial charge is 0.236 e. The maximum Gasteiger partial charge on any atom is 0.236 e. The molecule has 0 spiro atoms. The second-order valence-corrected chi connectivity index (χ2v) is 6.09. The Bertz CT molecular complexity index is 285. The van der Waals surface area contributed by atoms with Gasteiger partial charge in [-0.2, -0.15) is 0 Å². The van der Waals surface area contributed by atoms with Crippen LogP contribution in [-0.4, -0.2) is 55.0 Å². The lowest BCUT2D eigenvalue weighted by Gasteiger charge is -2.20. The van der Waals surface area contributed by atoms with E-state index in [0.29, 0.717) is 13.1 Å². The van der Waals surface area contributed by atoms with Crippen molar-refractivity contribution in [2.24, 2.45) is 0 Å². The Hall–Kier alpha value is -0.940. The molecule has 0 unspecified atom stereocenters. The molecule has 5 nitrogen and oxygen atoms in total. The average Bonchev–Trinajstić information content (AvgIpc) is 2.55. The highest BCUT2D eigenvalue weighted by molar-refractivity contribution is 5.80. The second kappa shape index (κ2) is 17.4. The van der Waals surface area contributed by atoms with Gasteiger partial charge in [-0.05, 0) is 6.42 Å². The molecule has 0 aromatic carbocycles. The molecular weight excluding hydrogens is 292 g/mol. The van der Waals surface area contributed by atoms with Crippen molar-refractivity contribution >= 4 is 12.2 Å². The average molecular weight is 328 g/mol. The second-order valence-electron chi connectivity index (χ2n) is 6.09. The van der Waals surface area contributed by atoms with Gasteiger partial charge in [-0.25, -0.2) is 0 Å². The van der Waals surface area contributed by atoms with Crippen LogP contribution < -0.4 is 5.32 Å². The number of nitrogens with zero attached hydrogens (tertiary/aromatic N) is 1. The molecule has 0 aliphatic rings. The molecule has 0 aromatic rings. The summed E-state index contributed by atoms with van der Waals surface area (Å²) in [6.45, 7) is 3.65. The molecule has 0 saturated carbocycles. The normalized spacial score (nSPS) is 10.7. The molecule has 0 radical (unpaired) electrons. The van der Waals surface area contributed by atoms with Gasteiger partial charge in [0.25, 0.3) is 0 Å². The van der Waals surface area contributed by atoms with E-state index in [9.17, 15) is 9.59 Å². The van der Waals surface area contributed by atoms with Gasteiger partial charge in [-0.15, -0.1) is 0 Å². The number of rotatable bonds is 17. The van der Waals surface area contributed by atoms with Gasteiger partial charge in [0.1, 0.15) is 6.29 Å². The molecule has 2 N–H and O–H groups in total. The van der Waals surface area contributed by atoms with Crippen LogP contribution in [0.5, 0.6) is 0 Å². The number of aliphatic hydroxyl groups excluding tert-OH is 1. The first kappa shape index (κ1) is 22.1. The Morgan fingerprint density at radius 2 is 1.57 bits per heavy atom. The molecule has 0 fully saturated rings. The van der Waals surface area contributed by atoms with Gasteiger partial charge in [0, 0.05) is 13.1 Å². The summed E-state index contributed by atoms with van der Waals surface area (Å²) in [4.78, 5) is 24.2. The van der Waals surface area contributed by atoms with Gasteiger partial charge in [0.2, 0.25) is 5.91 Å². The fourth-order valence-electron chi connectivity index (χ4n) is 2.58. The van der Waals surface area contributed by atoms with Gasteiger partial charge < -0.3 is 20.1 Å². The summed E-state index contributed by atoms with van der Waals surface area (Å²) >= 11 is 0. The lowest BCUT2D eigenvalue weighted by molar-refractivity contribution is -0.132. The zero-order valence-electron chi connectivity index (χ0n) is 14.9. The molecule has 136 valence electrons. The number of carbonyl (C=O) groups excluding carboxylic acids is 2.